The SMILES string of the molecule is CC(=O)OC[C@H]1O[C@@H](S)[C@H](OC(C)=O)[C@@H](OC(C)=O)[C@@H]1OC(C)=O. The molecule has 24 heavy (non-hydrogen) atoms. The molecule has 136 valence electrons. The molecule has 10 heteroatoms. The number of ether oxygens (including phenoxy) is 5. The van der Waals surface area contributed by atoms with Crippen LogP contribution in [0.1, 0.15) is 27.7 Å². The van der Waals surface area contributed by atoms with Gasteiger partial charge in [-0.15, -0.1) is 12.6 Å². The third-order valence-corrected chi connectivity index (χ3v) is 3.38. The van der Waals surface area contributed by atoms with Crippen LogP contribution in [0.4, 0.5) is 0 Å². The predicted octanol–water partition coefficient (Wildman–Crippen LogP) is -0.000700. The summed E-state index contributed by atoms with van der Waals surface area (Å²) in [5.74, 6) is -2.57. The summed E-state index contributed by atoms with van der Waals surface area (Å²) in [7, 11) is 0. The van der Waals surface area contributed by atoms with Crippen LogP contribution in [-0.4, -0.2) is 60.3 Å². The van der Waals surface area contributed by atoms with Gasteiger partial charge in [0.2, 0.25) is 0 Å². The molecule has 0 aromatic rings. The Morgan fingerprint density at radius 1 is 0.792 bits per heavy atom. The van der Waals surface area contributed by atoms with Crippen LogP contribution in [0.25, 0.3) is 0 Å². The molecule has 1 heterocycles. The Morgan fingerprint density at radius 2 is 1.25 bits per heavy atom. The van der Waals surface area contributed by atoms with E-state index in [0.29, 0.717) is 0 Å². The quantitative estimate of drug-likeness (QED) is 0.409. The average molecular weight is 364 g/mol. The summed E-state index contributed by atoms with van der Waals surface area (Å²) in [4.78, 5) is 45.1. The number of hydrogen-bond donors (Lipinski definition) is 1. The maximum absolute atomic E-state index is 11.4. The van der Waals surface area contributed by atoms with Crippen LogP contribution in [0.3, 0.4) is 0 Å². The zero-order chi connectivity index (χ0) is 18.4. The van der Waals surface area contributed by atoms with Gasteiger partial charge in [-0.1, -0.05) is 0 Å². The van der Waals surface area contributed by atoms with E-state index in [1.807, 2.05) is 0 Å². The van der Waals surface area contributed by atoms with Gasteiger partial charge in [-0.05, 0) is 0 Å². The molecule has 1 aliphatic rings. The summed E-state index contributed by atoms with van der Waals surface area (Å²) in [5, 5.41) is 0. The van der Waals surface area contributed by atoms with E-state index in [1.54, 1.807) is 0 Å². The molecule has 0 aromatic heterocycles. The van der Waals surface area contributed by atoms with Crippen LogP contribution < -0.4 is 0 Å². The fraction of sp³-hybridized carbons (Fsp3) is 0.714. The minimum absolute atomic E-state index is 0.255. The minimum atomic E-state index is -1.16. The Bertz CT molecular complexity index is 506. The lowest BCUT2D eigenvalue weighted by molar-refractivity contribution is -0.237. The molecule has 1 saturated heterocycles. The van der Waals surface area contributed by atoms with Crippen molar-refractivity contribution in [2.24, 2.45) is 0 Å². The van der Waals surface area contributed by atoms with Crippen LogP contribution >= 0.6 is 12.6 Å². The number of thiol groups is 1. The number of carbonyl (C=O) groups is 4. The van der Waals surface area contributed by atoms with Gasteiger partial charge in [0.05, 0.1) is 0 Å². The standard InChI is InChI=1S/C14H20O9S/c1-6(15)19-5-10-11(20-7(2)16)12(21-8(3)17)13(14(24)23-10)22-9(4)18/h10-14,24H,5H2,1-4H3/t10-,11-,12+,13-,14+/m1/s1. The lowest BCUT2D eigenvalue weighted by Gasteiger charge is -2.42. The van der Waals surface area contributed by atoms with Gasteiger partial charge < -0.3 is 23.7 Å². The molecule has 1 rings (SSSR count). The first-order valence-corrected chi connectivity index (χ1v) is 7.62. The van der Waals surface area contributed by atoms with Crippen molar-refractivity contribution in [1.29, 1.82) is 0 Å². The molecule has 0 bridgehead atoms. The average Bonchev–Trinajstić information content (AvgIpc) is 2.42. The lowest BCUT2D eigenvalue weighted by Crippen LogP contribution is -2.61. The van der Waals surface area contributed by atoms with Crippen molar-refractivity contribution in [3.8, 4) is 0 Å². The summed E-state index contributed by atoms with van der Waals surface area (Å²) >= 11 is 4.18. The Morgan fingerprint density at radius 3 is 1.71 bits per heavy atom. The third kappa shape index (κ3) is 6.00. The third-order valence-electron chi connectivity index (χ3n) is 2.97. The zero-order valence-corrected chi connectivity index (χ0v) is 14.6. The van der Waals surface area contributed by atoms with E-state index in [4.69, 9.17) is 23.7 Å². The van der Waals surface area contributed by atoms with E-state index in [-0.39, 0.29) is 6.61 Å². The lowest BCUT2D eigenvalue weighted by atomic mass is 9.99. The van der Waals surface area contributed by atoms with E-state index in [1.165, 1.54) is 6.92 Å². The van der Waals surface area contributed by atoms with Gasteiger partial charge in [0.1, 0.15) is 18.1 Å². The second-order valence-corrected chi connectivity index (χ2v) is 5.60. The predicted molar refractivity (Wildman–Crippen MR) is 80.9 cm³/mol. The molecule has 0 radical (unpaired) electrons. The summed E-state index contributed by atoms with van der Waals surface area (Å²) in [6.45, 7) is 4.42. The van der Waals surface area contributed by atoms with Crippen molar-refractivity contribution in [3.05, 3.63) is 0 Å². The molecule has 0 amide bonds. The maximum Gasteiger partial charge on any atom is 0.303 e. The molecule has 0 aromatic carbocycles. The largest absolute Gasteiger partial charge is 0.463 e. The van der Waals surface area contributed by atoms with Gasteiger partial charge in [-0.2, -0.15) is 0 Å². The first-order chi connectivity index (χ1) is 11.1. The number of hydrogen-bond acceptors (Lipinski definition) is 10. The van der Waals surface area contributed by atoms with Crippen molar-refractivity contribution in [2.45, 2.75) is 57.5 Å². The number of carbonyl (C=O) groups excluding carboxylic acids is 4. The van der Waals surface area contributed by atoms with E-state index >= 15 is 0 Å². The first-order valence-electron chi connectivity index (χ1n) is 7.10. The zero-order valence-electron chi connectivity index (χ0n) is 13.7. The molecule has 0 saturated carbocycles. The van der Waals surface area contributed by atoms with E-state index in [0.717, 1.165) is 20.8 Å². The van der Waals surface area contributed by atoms with Crippen LogP contribution in [0, 0.1) is 0 Å². The minimum Gasteiger partial charge on any atom is -0.463 e. The van der Waals surface area contributed by atoms with Gasteiger partial charge in [-0.25, -0.2) is 0 Å². The van der Waals surface area contributed by atoms with E-state index < -0.39 is 53.7 Å². The highest BCUT2D eigenvalue weighted by molar-refractivity contribution is 7.80. The fourth-order valence-electron chi connectivity index (χ4n) is 2.21. The molecule has 0 N–H and O–H groups in total. The summed E-state index contributed by atoms with van der Waals surface area (Å²) in [6, 6.07) is 0. The summed E-state index contributed by atoms with van der Waals surface area (Å²) in [5.41, 5.74) is -0.981. The van der Waals surface area contributed by atoms with E-state index in [2.05, 4.69) is 12.6 Å². The molecule has 5 atom stereocenters. The second kappa shape index (κ2) is 8.88. The molecule has 0 spiro atoms. The summed E-state index contributed by atoms with van der Waals surface area (Å²) < 4.78 is 25.8. The van der Waals surface area contributed by atoms with Crippen LogP contribution in [0.5, 0.6) is 0 Å². The van der Waals surface area contributed by atoms with Crippen molar-refractivity contribution < 1.29 is 42.9 Å². The number of rotatable bonds is 5. The normalized spacial score (nSPS) is 29.3. The maximum atomic E-state index is 11.4. The van der Waals surface area contributed by atoms with Crippen LogP contribution in [0.2, 0.25) is 0 Å². The molecule has 0 unspecified atom stereocenters. The molecule has 0 aliphatic carbocycles. The molecular formula is C14H20O9S. The number of esters is 4. The van der Waals surface area contributed by atoms with Crippen molar-refractivity contribution in [2.75, 3.05) is 6.61 Å². The van der Waals surface area contributed by atoms with Crippen molar-refractivity contribution in [3.63, 3.8) is 0 Å². The smallest absolute Gasteiger partial charge is 0.303 e. The molecule has 1 fully saturated rings. The fourth-order valence-corrected chi connectivity index (χ4v) is 2.59. The van der Waals surface area contributed by atoms with Gasteiger partial charge in [-0.3, -0.25) is 19.2 Å². The van der Waals surface area contributed by atoms with Crippen LogP contribution in [-0.2, 0) is 42.9 Å². The molecule has 1 aliphatic heterocycles. The van der Waals surface area contributed by atoms with Gasteiger partial charge in [0.15, 0.2) is 18.3 Å². The van der Waals surface area contributed by atoms with Crippen molar-refractivity contribution in [1.82, 2.24) is 0 Å². The molecule has 9 nitrogen and oxygen atoms in total. The highest BCUT2D eigenvalue weighted by atomic mass is 32.1. The Labute approximate surface area is 144 Å². The highest BCUT2D eigenvalue weighted by Crippen LogP contribution is 2.30. The highest BCUT2D eigenvalue weighted by Gasteiger charge is 2.51. The van der Waals surface area contributed by atoms with Gasteiger partial charge in [0, 0.05) is 27.7 Å². The Hall–Kier alpha value is -1.81. The topological polar surface area (TPSA) is 114 Å². The Kier molecular flexibility index (Phi) is 7.49. The summed E-state index contributed by atoms with van der Waals surface area (Å²) in [6.07, 6.45) is -4.35. The van der Waals surface area contributed by atoms with E-state index in [9.17, 15) is 19.2 Å². The van der Waals surface area contributed by atoms with Crippen molar-refractivity contribution >= 4 is 36.5 Å². The van der Waals surface area contributed by atoms with Crippen LogP contribution in [0.15, 0.2) is 0 Å². The van der Waals surface area contributed by atoms with Gasteiger partial charge in [0.25, 0.3) is 0 Å². The van der Waals surface area contributed by atoms with Gasteiger partial charge >= 0.3 is 23.9 Å². The second-order valence-electron chi connectivity index (χ2n) is 5.09. The molecular weight excluding hydrogens is 344 g/mol. The first kappa shape index (κ1) is 20.2. The monoisotopic (exact) mass is 364 g/mol. The Balaban J connectivity index is 3.11.